The number of amides is 2. The van der Waals surface area contributed by atoms with Crippen molar-refractivity contribution in [2.75, 3.05) is 10.6 Å². The van der Waals surface area contributed by atoms with Crippen LogP contribution in [-0.2, 0) is 6.54 Å². The lowest BCUT2D eigenvalue weighted by Gasteiger charge is -2.10. The average molecular weight is 269 g/mol. The summed E-state index contributed by atoms with van der Waals surface area (Å²) in [7, 11) is 0. The van der Waals surface area contributed by atoms with Gasteiger partial charge in [-0.1, -0.05) is 35.4 Å². The molecule has 2 aromatic rings. The first-order valence-corrected chi connectivity index (χ1v) is 6.50. The molecule has 0 aliphatic carbocycles. The van der Waals surface area contributed by atoms with Gasteiger partial charge in [0.2, 0.25) is 0 Å². The highest BCUT2D eigenvalue weighted by molar-refractivity contribution is 5.88. The van der Waals surface area contributed by atoms with Gasteiger partial charge in [0.15, 0.2) is 0 Å². The van der Waals surface area contributed by atoms with Crippen LogP contribution < -0.4 is 16.4 Å². The number of primary amides is 1. The lowest BCUT2D eigenvalue weighted by molar-refractivity contribution is 0.259. The molecule has 0 saturated carbocycles. The normalized spacial score (nSPS) is 10.1. The highest BCUT2D eigenvalue weighted by Gasteiger charge is 1.99. The van der Waals surface area contributed by atoms with Crippen LogP contribution in [0.1, 0.15) is 16.7 Å². The molecule has 2 rings (SSSR count). The molecule has 0 fully saturated rings. The topological polar surface area (TPSA) is 67.2 Å². The second kappa shape index (κ2) is 6.10. The molecular formula is C16H19N3O. The Kier molecular flexibility index (Phi) is 4.25. The van der Waals surface area contributed by atoms with E-state index in [-0.39, 0.29) is 0 Å². The van der Waals surface area contributed by atoms with Crippen molar-refractivity contribution in [3.05, 3.63) is 59.2 Å². The van der Waals surface area contributed by atoms with Gasteiger partial charge in [0.1, 0.15) is 0 Å². The Bertz CT molecular complexity index is 603. The summed E-state index contributed by atoms with van der Waals surface area (Å²) in [4.78, 5) is 10.8. The van der Waals surface area contributed by atoms with Crippen LogP contribution in [-0.4, -0.2) is 6.03 Å². The van der Waals surface area contributed by atoms with E-state index in [1.54, 1.807) is 6.07 Å². The quantitative estimate of drug-likeness (QED) is 0.796. The highest BCUT2D eigenvalue weighted by atomic mass is 16.2. The predicted molar refractivity (Wildman–Crippen MR) is 82.9 cm³/mol. The monoisotopic (exact) mass is 269 g/mol. The predicted octanol–water partition coefficient (Wildman–Crippen LogP) is 3.41. The minimum atomic E-state index is -0.559. The van der Waals surface area contributed by atoms with E-state index in [0.29, 0.717) is 5.69 Å². The summed E-state index contributed by atoms with van der Waals surface area (Å²) in [6.07, 6.45) is 0. The molecular weight excluding hydrogens is 250 g/mol. The highest BCUT2D eigenvalue weighted by Crippen LogP contribution is 2.16. The second-order valence-corrected chi connectivity index (χ2v) is 4.92. The average Bonchev–Trinajstić information content (AvgIpc) is 2.35. The maximum atomic E-state index is 10.8. The Balaban J connectivity index is 2.05. The number of urea groups is 1. The lowest BCUT2D eigenvalue weighted by Crippen LogP contribution is -2.19. The SMILES string of the molecule is Cc1cc(C)cc(CNc2cccc(NC(N)=O)c2)c1. The van der Waals surface area contributed by atoms with Crippen molar-refractivity contribution < 1.29 is 4.79 Å². The number of rotatable bonds is 4. The molecule has 0 bridgehead atoms. The molecule has 2 aromatic carbocycles. The fourth-order valence-electron chi connectivity index (χ4n) is 2.22. The number of carbonyl (C=O) groups excluding carboxylic acids is 1. The third kappa shape index (κ3) is 4.02. The number of hydrogen-bond acceptors (Lipinski definition) is 2. The molecule has 0 unspecified atom stereocenters. The minimum Gasteiger partial charge on any atom is -0.381 e. The third-order valence-corrected chi connectivity index (χ3v) is 2.91. The van der Waals surface area contributed by atoms with Gasteiger partial charge in [-0.2, -0.15) is 0 Å². The van der Waals surface area contributed by atoms with Crippen LogP contribution in [0.3, 0.4) is 0 Å². The Morgan fingerprint density at radius 1 is 1.05 bits per heavy atom. The molecule has 0 aliphatic heterocycles. The van der Waals surface area contributed by atoms with Gasteiger partial charge < -0.3 is 16.4 Å². The van der Waals surface area contributed by atoms with Crippen LogP contribution >= 0.6 is 0 Å². The van der Waals surface area contributed by atoms with Gasteiger partial charge in [-0.3, -0.25) is 0 Å². The summed E-state index contributed by atoms with van der Waals surface area (Å²) in [5.41, 5.74) is 10.5. The zero-order valence-corrected chi connectivity index (χ0v) is 11.7. The van der Waals surface area contributed by atoms with E-state index in [1.165, 1.54) is 16.7 Å². The first-order chi connectivity index (χ1) is 9.52. The maximum absolute atomic E-state index is 10.8. The van der Waals surface area contributed by atoms with Crippen LogP contribution in [0.2, 0.25) is 0 Å². The Hall–Kier alpha value is -2.49. The van der Waals surface area contributed by atoms with Crippen molar-refractivity contribution in [1.29, 1.82) is 0 Å². The van der Waals surface area contributed by atoms with Gasteiger partial charge in [0, 0.05) is 17.9 Å². The fourth-order valence-corrected chi connectivity index (χ4v) is 2.22. The van der Waals surface area contributed by atoms with Crippen LogP contribution in [0.5, 0.6) is 0 Å². The Morgan fingerprint density at radius 2 is 1.70 bits per heavy atom. The Morgan fingerprint density at radius 3 is 2.35 bits per heavy atom. The summed E-state index contributed by atoms with van der Waals surface area (Å²) < 4.78 is 0. The summed E-state index contributed by atoms with van der Waals surface area (Å²) in [5, 5.41) is 5.90. The summed E-state index contributed by atoms with van der Waals surface area (Å²) in [6, 6.07) is 13.4. The second-order valence-electron chi connectivity index (χ2n) is 4.92. The number of carbonyl (C=O) groups is 1. The fraction of sp³-hybridized carbons (Fsp3) is 0.188. The van der Waals surface area contributed by atoms with Crippen molar-refractivity contribution in [1.82, 2.24) is 0 Å². The number of nitrogens with one attached hydrogen (secondary N) is 2. The summed E-state index contributed by atoms with van der Waals surface area (Å²) in [6.45, 7) is 4.92. The maximum Gasteiger partial charge on any atom is 0.316 e. The zero-order chi connectivity index (χ0) is 14.5. The molecule has 0 aliphatic rings. The largest absolute Gasteiger partial charge is 0.381 e. The molecule has 0 radical (unpaired) electrons. The van der Waals surface area contributed by atoms with Crippen molar-refractivity contribution in [3.63, 3.8) is 0 Å². The van der Waals surface area contributed by atoms with E-state index in [0.717, 1.165) is 12.2 Å². The molecule has 0 aromatic heterocycles. The summed E-state index contributed by atoms with van der Waals surface area (Å²) in [5.74, 6) is 0. The molecule has 0 atom stereocenters. The molecule has 4 nitrogen and oxygen atoms in total. The smallest absolute Gasteiger partial charge is 0.316 e. The van der Waals surface area contributed by atoms with Gasteiger partial charge in [-0.05, 0) is 37.6 Å². The third-order valence-electron chi connectivity index (χ3n) is 2.91. The van der Waals surface area contributed by atoms with E-state index in [4.69, 9.17) is 5.73 Å². The van der Waals surface area contributed by atoms with Crippen molar-refractivity contribution in [3.8, 4) is 0 Å². The zero-order valence-electron chi connectivity index (χ0n) is 11.7. The van der Waals surface area contributed by atoms with Crippen molar-refractivity contribution >= 4 is 17.4 Å². The summed E-state index contributed by atoms with van der Waals surface area (Å²) >= 11 is 0. The first kappa shape index (κ1) is 13.9. The van der Waals surface area contributed by atoms with Crippen molar-refractivity contribution in [2.45, 2.75) is 20.4 Å². The molecule has 4 N–H and O–H groups in total. The number of aryl methyl sites for hydroxylation is 2. The van der Waals surface area contributed by atoms with Crippen LogP contribution in [0.15, 0.2) is 42.5 Å². The number of anilines is 2. The first-order valence-electron chi connectivity index (χ1n) is 6.50. The standard InChI is InChI=1S/C16H19N3O/c1-11-6-12(2)8-13(7-11)10-18-14-4-3-5-15(9-14)19-16(17)20/h3-9,18H,10H2,1-2H3,(H3,17,19,20). The van der Waals surface area contributed by atoms with Crippen LogP contribution in [0.25, 0.3) is 0 Å². The van der Waals surface area contributed by atoms with E-state index in [9.17, 15) is 4.79 Å². The van der Waals surface area contributed by atoms with E-state index in [1.807, 2.05) is 18.2 Å². The van der Waals surface area contributed by atoms with Gasteiger partial charge in [-0.25, -0.2) is 4.79 Å². The van der Waals surface area contributed by atoms with Gasteiger partial charge in [0.05, 0.1) is 0 Å². The molecule has 4 heteroatoms. The Labute approximate surface area is 119 Å². The van der Waals surface area contributed by atoms with Gasteiger partial charge in [-0.15, -0.1) is 0 Å². The molecule has 0 spiro atoms. The molecule has 0 heterocycles. The van der Waals surface area contributed by atoms with Crippen LogP contribution in [0, 0.1) is 13.8 Å². The number of nitrogens with two attached hydrogens (primary N) is 1. The lowest BCUT2D eigenvalue weighted by atomic mass is 10.1. The number of hydrogen-bond donors (Lipinski definition) is 3. The number of benzene rings is 2. The van der Waals surface area contributed by atoms with E-state index >= 15 is 0 Å². The molecule has 2 amide bonds. The van der Waals surface area contributed by atoms with Gasteiger partial charge >= 0.3 is 6.03 Å². The van der Waals surface area contributed by atoms with E-state index in [2.05, 4.69) is 42.7 Å². The molecule has 104 valence electrons. The molecule has 0 saturated heterocycles. The van der Waals surface area contributed by atoms with Crippen molar-refractivity contribution in [2.24, 2.45) is 5.73 Å². The van der Waals surface area contributed by atoms with Crippen LogP contribution in [0.4, 0.5) is 16.2 Å². The van der Waals surface area contributed by atoms with Gasteiger partial charge in [0.25, 0.3) is 0 Å². The molecule has 20 heavy (non-hydrogen) atoms. The minimum absolute atomic E-state index is 0.559. The van der Waals surface area contributed by atoms with E-state index < -0.39 is 6.03 Å².